The summed E-state index contributed by atoms with van der Waals surface area (Å²) in [6, 6.07) is 4.08. The number of hydrogen-bond donors (Lipinski definition) is 1. The minimum absolute atomic E-state index is 0.172. The van der Waals surface area contributed by atoms with Crippen molar-refractivity contribution in [3.63, 3.8) is 0 Å². The molecule has 8 nitrogen and oxygen atoms in total. The van der Waals surface area contributed by atoms with Gasteiger partial charge in [0.25, 0.3) is 5.91 Å². The molecular formula is C19H23FN6O2. The number of hydrazine groups is 1. The van der Waals surface area contributed by atoms with E-state index >= 15 is 0 Å². The highest BCUT2D eigenvalue weighted by molar-refractivity contribution is 5.99. The van der Waals surface area contributed by atoms with Gasteiger partial charge in [-0.3, -0.25) is 24.6 Å². The van der Waals surface area contributed by atoms with Gasteiger partial charge in [0.15, 0.2) is 0 Å². The first-order valence-corrected chi connectivity index (χ1v) is 9.34. The zero-order valence-electron chi connectivity index (χ0n) is 16.0. The molecule has 28 heavy (non-hydrogen) atoms. The van der Waals surface area contributed by atoms with Gasteiger partial charge in [0.2, 0.25) is 5.91 Å². The number of benzene rings is 1. The molecule has 1 N–H and O–H groups in total. The number of amides is 2. The third-order valence-electron chi connectivity index (χ3n) is 5.49. The first-order chi connectivity index (χ1) is 13.4. The smallest absolute Gasteiger partial charge is 0.273 e. The van der Waals surface area contributed by atoms with Crippen LogP contribution >= 0.6 is 0 Å². The molecule has 1 spiro atoms. The van der Waals surface area contributed by atoms with Crippen LogP contribution in [0.1, 0.15) is 40.9 Å². The monoisotopic (exact) mass is 386 g/mol. The van der Waals surface area contributed by atoms with E-state index in [1.54, 1.807) is 11.6 Å². The van der Waals surface area contributed by atoms with Gasteiger partial charge in [-0.1, -0.05) is 5.21 Å². The number of piperidine rings is 1. The van der Waals surface area contributed by atoms with E-state index in [2.05, 4.69) is 20.6 Å². The van der Waals surface area contributed by atoms with Crippen LogP contribution < -0.4 is 5.43 Å². The molecule has 9 heteroatoms. The maximum absolute atomic E-state index is 13.4. The SMILES string of the molecule is Cc1cc(F)ccc1C(=O)N1NC(=O)CC12CCCN(Cc1cn(C)nn1)C2. The number of aryl methyl sites for hydroxylation is 2. The number of aromatic nitrogens is 3. The van der Waals surface area contributed by atoms with Gasteiger partial charge in [-0.05, 0) is 50.1 Å². The molecule has 1 aromatic carbocycles. The number of carbonyl (C=O) groups excluding carboxylic acids is 2. The van der Waals surface area contributed by atoms with E-state index in [1.807, 2.05) is 13.2 Å². The van der Waals surface area contributed by atoms with E-state index in [-0.39, 0.29) is 24.1 Å². The molecule has 0 bridgehead atoms. The van der Waals surface area contributed by atoms with Gasteiger partial charge >= 0.3 is 0 Å². The molecule has 2 aliphatic rings. The molecule has 2 saturated heterocycles. The van der Waals surface area contributed by atoms with E-state index < -0.39 is 5.54 Å². The van der Waals surface area contributed by atoms with Gasteiger partial charge in [0, 0.05) is 31.9 Å². The number of rotatable bonds is 3. The van der Waals surface area contributed by atoms with Crippen molar-refractivity contribution in [1.29, 1.82) is 0 Å². The van der Waals surface area contributed by atoms with Crippen molar-refractivity contribution >= 4 is 11.8 Å². The number of halogens is 1. The lowest BCUT2D eigenvalue weighted by atomic mass is 9.85. The molecule has 1 unspecified atom stereocenters. The number of nitrogens with one attached hydrogen (secondary N) is 1. The summed E-state index contributed by atoms with van der Waals surface area (Å²) in [7, 11) is 1.82. The second-order valence-corrected chi connectivity index (χ2v) is 7.73. The average molecular weight is 386 g/mol. The third-order valence-corrected chi connectivity index (χ3v) is 5.49. The molecule has 1 aromatic heterocycles. The maximum atomic E-state index is 13.4. The lowest BCUT2D eigenvalue weighted by Gasteiger charge is -2.44. The molecule has 1 atom stereocenters. The highest BCUT2D eigenvalue weighted by Gasteiger charge is 2.50. The normalized spacial score (nSPS) is 22.7. The van der Waals surface area contributed by atoms with E-state index in [9.17, 15) is 14.0 Å². The molecule has 2 fully saturated rings. The van der Waals surface area contributed by atoms with Crippen molar-refractivity contribution in [1.82, 2.24) is 30.3 Å². The average Bonchev–Trinajstić information content (AvgIpc) is 3.17. The summed E-state index contributed by atoms with van der Waals surface area (Å²) in [5, 5.41) is 9.57. The van der Waals surface area contributed by atoms with Gasteiger partial charge in [0.1, 0.15) is 5.82 Å². The molecular weight excluding hydrogens is 363 g/mol. The van der Waals surface area contributed by atoms with Crippen molar-refractivity contribution in [3.8, 4) is 0 Å². The Labute approximate surface area is 162 Å². The van der Waals surface area contributed by atoms with Crippen LogP contribution in [0, 0.1) is 12.7 Å². The quantitative estimate of drug-likeness (QED) is 0.856. The van der Waals surface area contributed by atoms with Crippen molar-refractivity contribution in [2.75, 3.05) is 13.1 Å². The first kappa shape index (κ1) is 18.5. The van der Waals surface area contributed by atoms with E-state index in [0.717, 1.165) is 25.1 Å². The Bertz CT molecular complexity index is 929. The molecule has 2 aromatic rings. The zero-order valence-corrected chi connectivity index (χ0v) is 16.0. The molecule has 3 heterocycles. The Morgan fingerprint density at radius 1 is 1.39 bits per heavy atom. The summed E-state index contributed by atoms with van der Waals surface area (Å²) in [4.78, 5) is 27.7. The fourth-order valence-electron chi connectivity index (χ4n) is 4.28. The summed E-state index contributed by atoms with van der Waals surface area (Å²) in [6.45, 7) is 3.74. The highest BCUT2D eigenvalue weighted by atomic mass is 19.1. The summed E-state index contributed by atoms with van der Waals surface area (Å²) in [5.41, 5.74) is 3.92. The minimum atomic E-state index is -0.616. The van der Waals surface area contributed by atoms with Crippen molar-refractivity contribution in [3.05, 3.63) is 47.0 Å². The lowest BCUT2D eigenvalue weighted by molar-refractivity contribution is -0.120. The minimum Gasteiger partial charge on any atom is -0.295 e. The van der Waals surface area contributed by atoms with Crippen LogP contribution in [0.4, 0.5) is 4.39 Å². The standard InChI is InChI=1S/C19H23FN6O2/c1-13-8-14(20)4-5-16(13)18(28)26-19(9-17(27)22-26)6-3-7-25(12-19)11-15-10-24(2)23-21-15/h4-5,8,10H,3,6-7,9,11-12H2,1-2H3,(H,22,27). The predicted molar refractivity (Wildman–Crippen MR) is 98.3 cm³/mol. The molecule has 2 amide bonds. The molecule has 148 valence electrons. The van der Waals surface area contributed by atoms with E-state index in [4.69, 9.17) is 0 Å². The van der Waals surface area contributed by atoms with E-state index in [1.165, 1.54) is 23.2 Å². The molecule has 0 radical (unpaired) electrons. The summed E-state index contributed by atoms with van der Waals surface area (Å²) in [5.74, 6) is -0.860. The number of likely N-dealkylation sites (tertiary alicyclic amines) is 1. The Morgan fingerprint density at radius 2 is 2.21 bits per heavy atom. The number of carbonyl (C=O) groups is 2. The van der Waals surface area contributed by atoms with Crippen LogP contribution in [0.25, 0.3) is 0 Å². The van der Waals surface area contributed by atoms with Crippen LogP contribution in [-0.4, -0.2) is 55.3 Å². The summed E-state index contributed by atoms with van der Waals surface area (Å²) >= 11 is 0. The fraction of sp³-hybridized carbons (Fsp3) is 0.474. The van der Waals surface area contributed by atoms with Crippen LogP contribution in [0.2, 0.25) is 0 Å². The number of hydrogen-bond acceptors (Lipinski definition) is 5. The fourth-order valence-corrected chi connectivity index (χ4v) is 4.28. The predicted octanol–water partition coefficient (Wildman–Crippen LogP) is 1.17. The van der Waals surface area contributed by atoms with Crippen molar-refractivity contribution in [2.24, 2.45) is 7.05 Å². The molecule has 0 saturated carbocycles. The van der Waals surface area contributed by atoms with Gasteiger partial charge in [-0.2, -0.15) is 0 Å². The Hall–Kier alpha value is -2.81. The van der Waals surface area contributed by atoms with Crippen LogP contribution in [0.3, 0.4) is 0 Å². The van der Waals surface area contributed by atoms with Crippen LogP contribution in [0.15, 0.2) is 24.4 Å². The second-order valence-electron chi connectivity index (χ2n) is 7.73. The van der Waals surface area contributed by atoms with Crippen molar-refractivity contribution < 1.29 is 14.0 Å². The highest BCUT2D eigenvalue weighted by Crippen LogP contribution is 2.35. The van der Waals surface area contributed by atoms with Gasteiger partial charge < -0.3 is 0 Å². The molecule has 4 rings (SSSR count). The number of nitrogens with zero attached hydrogens (tertiary/aromatic N) is 5. The molecule has 0 aliphatic carbocycles. The molecule has 2 aliphatic heterocycles. The van der Waals surface area contributed by atoms with Crippen molar-refractivity contribution in [2.45, 2.75) is 38.3 Å². The Balaban J connectivity index is 1.58. The van der Waals surface area contributed by atoms with E-state index in [0.29, 0.717) is 24.2 Å². The largest absolute Gasteiger partial charge is 0.295 e. The topological polar surface area (TPSA) is 83.4 Å². The summed E-state index contributed by atoms with van der Waals surface area (Å²) in [6.07, 6.45) is 3.72. The third kappa shape index (κ3) is 3.37. The second kappa shape index (κ2) is 6.97. The van der Waals surface area contributed by atoms with Gasteiger partial charge in [-0.25, -0.2) is 9.40 Å². The Kier molecular flexibility index (Phi) is 4.62. The zero-order chi connectivity index (χ0) is 19.9. The van der Waals surface area contributed by atoms with Gasteiger partial charge in [0.05, 0.1) is 17.7 Å². The maximum Gasteiger partial charge on any atom is 0.273 e. The van der Waals surface area contributed by atoms with Crippen LogP contribution in [0.5, 0.6) is 0 Å². The van der Waals surface area contributed by atoms with Gasteiger partial charge in [-0.15, -0.1) is 5.10 Å². The van der Waals surface area contributed by atoms with Crippen LogP contribution in [-0.2, 0) is 18.4 Å². The first-order valence-electron chi connectivity index (χ1n) is 9.34. The summed E-state index contributed by atoms with van der Waals surface area (Å²) < 4.78 is 15.1. The Morgan fingerprint density at radius 3 is 2.93 bits per heavy atom. The lowest BCUT2D eigenvalue weighted by Crippen LogP contribution is -2.59.